The van der Waals surface area contributed by atoms with Crippen molar-refractivity contribution in [3.05, 3.63) is 59.3 Å². The van der Waals surface area contributed by atoms with Gasteiger partial charge in [-0.25, -0.2) is 4.79 Å². The van der Waals surface area contributed by atoms with E-state index in [2.05, 4.69) is 56.9 Å². The molecule has 0 bridgehead atoms. The van der Waals surface area contributed by atoms with Crippen LogP contribution < -0.4 is 0 Å². The Balaban J connectivity index is 1.69. The van der Waals surface area contributed by atoms with Crippen molar-refractivity contribution >= 4 is 11.7 Å². The largest absolute Gasteiger partial charge is 0.465 e. The highest BCUT2D eigenvalue weighted by Crippen LogP contribution is 2.46. The highest BCUT2D eigenvalue weighted by Gasteiger charge is 2.37. The Morgan fingerprint density at radius 2 is 1.72 bits per heavy atom. The second-order valence-electron chi connectivity index (χ2n) is 9.67. The van der Waals surface area contributed by atoms with Gasteiger partial charge in [0.05, 0.1) is 5.69 Å². The Labute approximate surface area is 173 Å². The fourth-order valence-corrected chi connectivity index (χ4v) is 4.64. The molecule has 0 spiro atoms. The SMILES string of the molecule is CC1(C)CCC(C)(C)c2cc(-c3cc(C4=CCN(C(=O)O)CC4)ccn3)ccc21. The third-order valence-electron chi connectivity index (χ3n) is 6.76. The summed E-state index contributed by atoms with van der Waals surface area (Å²) in [7, 11) is 0. The number of nitrogens with zero attached hydrogens (tertiary/aromatic N) is 2. The van der Waals surface area contributed by atoms with Crippen LogP contribution in [-0.4, -0.2) is 34.2 Å². The van der Waals surface area contributed by atoms with E-state index in [0.717, 1.165) is 23.2 Å². The number of amides is 1. The Hall–Kier alpha value is -2.62. The van der Waals surface area contributed by atoms with Gasteiger partial charge in [-0.2, -0.15) is 0 Å². The van der Waals surface area contributed by atoms with Crippen molar-refractivity contribution in [3.63, 3.8) is 0 Å². The first-order chi connectivity index (χ1) is 13.7. The van der Waals surface area contributed by atoms with Crippen LogP contribution in [0.4, 0.5) is 4.79 Å². The highest BCUT2D eigenvalue weighted by atomic mass is 16.4. The standard InChI is InChI=1S/C25H30N2O2/c1-24(2)10-11-25(3,4)21-15-19(5-6-20(21)24)22-16-18(7-12-26-22)17-8-13-27(14-9-17)23(28)29/h5-8,12,15-16H,9-11,13-14H2,1-4H3,(H,28,29). The van der Waals surface area contributed by atoms with Crippen LogP contribution in [0.3, 0.4) is 0 Å². The molecule has 2 aromatic rings. The lowest BCUT2D eigenvalue weighted by Crippen LogP contribution is -2.33. The fourth-order valence-electron chi connectivity index (χ4n) is 4.64. The number of hydrogen-bond donors (Lipinski definition) is 1. The van der Waals surface area contributed by atoms with E-state index in [4.69, 9.17) is 5.11 Å². The Bertz CT molecular complexity index is 988. The molecule has 1 aromatic carbocycles. The minimum Gasteiger partial charge on any atom is -0.465 e. The predicted molar refractivity (Wildman–Crippen MR) is 117 cm³/mol. The van der Waals surface area contributed by atoms with Crippen molar-refractivity contribution in [1.29, 1.82) is 0 Å². The summed E-state index contributed by atoms with van der Waals surface area (Å²) < 4.78 is 0. The maximum absolute atomic E-state index is 11.1. The van der Waals surface area contributed by atoms with E-state index < -0.39 is 6.09 Å². The first-order valence-electron chi connectivity index (χ1n) is 10.5. The molecule has 1 aromatic heterocycles. The van der Waals surface area contributed by atoms with Gasteiger partial charge in [-0.15, -0.1) is 0 Å². The van der Waals surface area contributed by atoms with Gasteiger partial charge in [0.1, 0.15) is 0 Å². The summed E-state index contributed by atoms with van der Waals surface area (Å²) in [6, 6.07) is 11.0. The van der Waals surface area contributed by atoms with Crippen LogP contribution in [0.15, 0.2) is 42.6 Å². The van der Waals surface area contributed by atoms with E-state index in [1.54, 1.807) is 0 Å². The second kappa shape index (κ2) is 7.01. The van der Waals surface area contributed by atoms with Crippen molar-refractivity contribution in [2.75, 3.05) is 13.1 Å². The van der Waals surface area contributed by atoms with E-state index >= 15 is 0 Å². The molecule has 0 radical (unpaired) electrons. The molecule has 1 amide bonds. The number of aromatic nitrogens is 1. The van der Waals surface area contributed by atoms with Gasteiger partial charge in [-0.3, -0.25) is 4.98 Å². The van der Waals surface area contributed by atoms with Gasteiger partial charge in [0, 0.05) is 24.8 Å². The van der Waals surface area contributed by atoms with Gasteiger partial charge < -0.3 is 10.0 Å². The van der Waals surface area contributed by atoms with Gasteiger partial charge in [0.15, 0.2) is 0 Å². The second-order valence-corrected chi connectivity index (χ2v) is 9.67. The van der Waals surface area contributed by atoms with Crippen molar-refractivity contribution in [2.45, 2.75) is 57.8 Å². The van der Waals surface area contributed by atoms with Crippen molar-refractivity contribution < 1.29 is 9.90 Å². The number of hydrogen-bond acceptors (Lipinski definition) is 2. The normalized spacial score (nSPS) is 20.0. The molecule has 0 unspecified atom stereocenters. The lowest BCUT2D eigenvalue weighted by Gasteiger charge is -2.42. The molecule has 0 fully saturated rings. The first-order valence-corrected chi connectivity index (χ1v) is 10.5. The lowest BCUT2D eigenvalue weighted by atomic mass is 9.63. The fraction of sp³-hybridized carbons (Fsp3) is 0.440. The summed E-state index contributed by atoms with van der Waals surface area (Å²) in [5, 5.41) is 9.15. The minimum absolute atomic E-state index is 0.171. The number of carbonyl (C=O) groups is 1. The number of rotatable bonds is 2. The van der Waals surface area contributed by atoms with Crippen molar-refractivity contribution in [1.82, 2.24) is 9.88 Å². The molecule has 1 aliphatic heterocycles. The third-order valence-corrected chi connectivity index (χ3v) is 6.76. The number of benzene rings is 1. The lowest BCUT2D eigenvalue weighted by molar-refractivity contribution is 0.150. The number of fused-ring (bicyclic) bond motifs is 1. The van der Waals surface area contributed by atoms with E-state index in [1.165, 1.54) is 34.4 Å². The molecule has 1 N–H and O–H groups in total. The van der Waals surface area contributed by atoms with Crippen LogP contribution in [-0.2, 0) is 10.8 Å². The molecule has 2 aliphatic rings. The Kier molecular flexibility index (Phi) is 4.76. The summed E-state index contributed by atoms with van der Waals surface area (Å²) in [5.41, 5.74) is 7.74. The van der Waals surface area contributed by atoms with Gasteiger partial charge >= 0.3 is 6.09 Å². The van der Waals surface area contributed by atoms with Crippen LogP contribution >= 0.6 is 0 Å². The van der Waals surface area contributed by atoms with E-state index in [1.807, 2.05) is 18.3 Å². The van der Waals surface area contributed by atoms with Gasteiger partial charge in [0.2, 0.25) is 0 Å². The van der Waals surface area contributed by atoms with E-state index in [9.17, 15) is 4.79 Å². The molecule has 2 heterocycles. The first kappa shape index (κ1) is 19.7. The monoisotopic (exact) mass is 390 g/mol. The zero-order valence-corrected chi connectivity index (χ0v) is 17.8. The van der Waals surface area contributed by atoms with Crippen LogP contribution in [0, 0.1) is 0 Å². The minimum atomic E-state index is -0.852. The average molecular weight is 391 g/mol. The summed E-state index contributed by atoms with van der Waals surface area (Å²) in [6.45, 7) is 10.4. The molecule has 0 saturated heterocycles. The molecule has 152 valence electrons. The average Bonchev–Trinajstić information content (AvgIpc) is 2.71. The maximum Gasteiger partial charge on any atom is 0.407 e. The molecule has 4 nitrogen and oxygen atoms in total. The zero-order chi connectivity index (χ0) is 20.8. The van der Waals surface area contributed by atoms with E-state index in [-0.39, 0.29) is 10.8 Å². The maximum atomic E-state index is 11.1. The highest BCUT2D eigenvalue weighted by molar-refractivity contribution is 5.74. The van der Waals surface area contributed by atoms with Crippen molar-refractivity contribution in [2.24, 2.45) is 0 Å². The van der Waals surface area contributed by atoms with Crippen LogP contribution in [0.25, 0.3) is 16.8 Å². The number of pyridine rings is 1. The van der Waals surface area contributed by atoms with Gasteiger partial charge in [-0.05, 0) is 70.6 Å². The quantitative estimate of drug-likeness (QED) is 0.698. The summed E-state index contributed by atoms with van der Waals surface area (Å²) in [6.07, 6.45) is 6.17. The van der Waals surface area contributed by atoms with Crippen LogP contribution in [0.5, 0.6) is 0 Å². The molecule has 0 saturated carbocycles. The predicted octanol–water partition coefficient (Wildman–Crippen LogP) is 5.86. The van der Waals surface area contributed by atoms with Crippen molar-refractivity contribution in [3.8, 4) is 11.3 Å². The molecule has 1 aliphatic carbocycles. The summed E-state index contributed by atoms with van der Waals surface area (Å²) >= 11 is 0. The molecule has 4 heteroatoms. The van der Waals surface area contributed by atoms with Gasteiger partial charge in [0.25, 0.3) is 0 Å². The number of carboxylic acid groups (broad SMARTS) is 1. The Morgan fingerprint density at radius 1 is 1.00 bits per heavy atom. The molecule has 4 rings (SSSR count). The van der Waals surface area contributed by atoms with Crippen LogP contribution in [0.1, 0.15) is 63.6 Å². The molecular weight excluding hydrogens is 360 g/mol. The van der Waals surface area contributed by atoms with E-state index in [0.29, 0.717) is 13.1 Å². The molecule has 0 atom stereocenters. The topological polar surface area (TPSA) is 53.4 Å². The third kappa shape index (κ3) is 3.68. The Morgan fingerprint density at radius 3 is 2.38 bits per heavy atom. The zero-order valence-electron chi connectivity index (χ0n) is 17.8. The smallest absolute Gasteiger partial charge is 0.407 e. The van der Waals surface area contributed by atoms with Crippen LogP contribution in [0.2, 0.25) is 0 Å². The summed E-state index contributed by atoms with van der Waals surface area (Å²) in [5.74, 6) is 0. The summed E-state index contributed by atoms with van der Waals surface area (Å²) in [4.78, 5) is 17.2. The van der Waals surface area contributed by atoms with Gasteiger partial charge in [-0.1, -0.05) is 45.9 Å². The molecular formula is C25H30N2O2. The molecule has 29 heavy (non-hydrogen) atoms.